The molecule has 0 atom stereocenters. The van der Waals surface area contributed by atoms with Crippen LogP contribution in [0.2, 0.25) is 0 Å². The molecule has 4 heteroatoms. The van der Waals surface area contributed by atoms with Crippen molar-refractivity contribution in [3.63, 3.8) is 0 Å². The van der Waals surface area contributed by atoms with Crippen molar-refractivity contribution >= 4 is 0 Å². The number of nitrogens with zero attached hydrogens (tertiary/aromatic N) is 1. The van der Waals surface area contributed by atoms with Gasteiger partial charge in [0.15, 0.2) is 11.6 Å². The average molecular weight is 213 g/mol. The van der Waals surface area contributed by atoms with E-state index in [1.165, 1.54) is 7.11 Å². The van der Waals surface area contributed by atoms with Crippen molar-refractivity contribution < 1.29 is 14.2 Å². The SMILES string of the molecule is COc1cccc(CN(C)CCO)c1F. The summed E-state index contributed by atoms with van der Waals surface area (Å²) in [6.45, 7) is 1.06. The maximum Gasteiger partial charge on any atom is 0.169 e. The second-order valence-electron chi connectivity index (χ2n) is 3.39. The molecule has 0 aromatic heterocycles. The van der Waals surface area contributed by atoms with E-state index >= 15 is 0 Å². The van der Waals surface area contributed by atoms with Gasteiger partial charge in [-0.3, -0.25) is 4.90 Å². The minimum absolute atomic E-state index is 0.0715. The van der Waals surface area contributed by atoms with E-state index in [-0.39, 0.29) is 18.2 Å². The molecule has 0 spiro atoms. The van der Waals surface area contributed by atoms with E-state index in [4.69, 9.17) is 9.84 Å². The molecule has 15 heavy (non-hydrogen) atoms. The number of halogens is 1. The van der Waals surface area contributed by atoms with Gasteiger partial charge < -0.3 is 9.84 Å². The lowest BCUT2D eigenvalue weighted by Crippen LogP contribution is -2.22. The van der Waals surface area contributed by atoms with Crippen molar-refractivity contribution in [1.29, 1.82) is 0 Å². The summed E-state index contributed by atoms with van der Waals surface area (Å²) in [6, 6.07) is 5.06. The number of hydrogen-bond donors (Lipinski definition) is 1. The quantitative estimate of drug-likeness (QED) is 0.799. The summed E-state index contributed by atoms with van der Waals surface area (Å²) in [5.41, 5.74) is 0.574. The summed E-state index contributed by atoms with van der Waals surface area (Å²) in [5, 5.41) is 8.72. The molecular formula is C11H16FNO2. The van der Waals surface area contributed by atoms with Crippen molar-refractivity contribution in [1.82, 2.24) is 4.90 Å². The molecule has 0 radical (unpaired) electrons. The molecule has 3 nitrogen and oxygen atoms in total. The van der Waals surface area contributed by atoms with Crippen LogP contribution in [-0.4, -0.2) is 37.3 Å². The van der Waals surface area contributed by atoms with Crippen molar-refractivity contribution in [3.8, 4) is 5.75 Å². The molecule has 0 heterocycles. The van der Waals surface area contributed by atoms with Gasteiger partial charge in [-0.2, -0.15) is 0 Å². The number of methoxy groups -OCH3 is 1. The summed E-state index contributed by atoms with van der Waals surface area (Å²) >= 11 is 0. The molecule has 0 unspecified atom stereocenters. The first-order valence-corrected chi connectivity index (χ1v) is 4.79. The van der Waals surface area contributed by atoms with Gasteiger partial charge in [0.25, 0.3) is 0 Å². The maximum absolute atomic E-state index is 13.7. The number of ether oxygens (including phenoxy) is 1. The van der Waals surface area contributed by atoms with E-state index in [2.05, 4.69) is 0 Å². The molecule has 0 saturated carbocycles. The highest BCUT2D eigenvalue weighted by Gasteiger charge is 2.09. The van der Waals surface area contributed by atoms with Gasteiger partial charge in [-0.15, -0.1) is 0 Å². The smallest absolute Gasteiger partial charge is 0.169 e. The van der Waals surface area contributed by atoms with Crippen LogP contribution >= 0.6 is 0 Å². The third-order valence-electron chi connectivity index (χ3n) is 2.19. The van der Waals surface area contributed by atoms with Gasteiger partial charge in [-0.25, -0.2) is 4.39 Å². The molecule has 0 aliphatic heterocycles. The maximum atomic E-state index is 13.7. The fourth-order valence-electron chi connectivity index (χ4n) is 1.38. The lowest BCUT2D eigenvalue weighted by Gasteiger charge is -2.16. The number of benzene rings is 1. The zero-order chi connectivity index (χ0) is 11.3. The number of aliphatic hydroxyl groups excluding tert-OH is 1. The van der Waals surface area contributed by atoms with Gasteiger partial charge in [-0.05, 0) is 13.1 Å². The molecule has 0 aliphatic rings. The van der Waals surface area contributed by atoms with E-state index < -0.39 is 0 Å². The molecule has 1 rings (SSSR count). The van der Waals surface area contributed by atoms with Crippen LogP contribution in [0, 0.1) is 5.82 Å². The third-order valence-corrected chi connectivity index (χ3v) is 2.19. The Hall–Kier alpha value is -1.13. The minimum atomic E-state index is -0.329. The Morgan fingerprint density at radius 1 is 1.47 bits per heavy atom. The highest BCUT2D eigenvalue weighted by atomic mass is 19.1. The van der Waals surface area contributed by atoms with Gasteiger partial charge in [0.05, 0.1) is 13.7 Å². The number of likely N-dealkylation sites (N-methyl/N-ethyl adjacent to an activating group) is 1. The van der Waals surface area contributed by atoms with Crippen LogP contribution in [0.1, 0.15) is 5.56 Å². The molecule has 1 N–H and O–H groups in total. The lowest BCUT2D eigenvalue weighted by atomic mass is 10.2. The van der Waals surface area contributed by atoms with Crippen LogP contribution in [0.15, 0.2) is 18.2 Å². The Kier molecular flexibility index (Phi) is 4.52. The van der Waals surface area contributed by atoms with E-state index in [0.29, 0.717) is 18.7 Å². The van der Waals surface area contributed by atoms with Gasteiger partial charge in [-0.1, -0.05) is 12.1 Å². The van der Waals surface area contributed by atoms with Gasteiger partial charge >= 0.3 is 0 Å². The second-order valence-corrected chi connectivity index (χ2v) is 3.39. The van der Waals surface area contributed by atoms with Crippen LogP contribution in [0.3, 0.4) is 0 Å². The van der Waals surface area contributed by atoms with Gasteiger partial charge in [0, 0.05) is 18.7 Å². The Balaban J connectivity index is 2.76. The third kappa shape index (κ3) is 3.18. The monoisotopic (exact) mass is 213 g/mol. The first-order chi connectivity index (χ1) is 7.19. The normalized spacial score (nSPS) is 10.7. The summed E-state index contributed by atoms with van der Waals surface area (Å²) < 4.78 is 18.5. The summed E-state index contributed by atoms with van der Waals surface area (Å²) in [4.78, 5) is 1.85. The van der Waals surface area contributed by atoms with E-state index in [0.717, 1.165) is 0 Å². The molecule has 0 saturated heterocycles. The minimum Gasteiger partial charge on any atom is -0.494 e. The molecule has 1 aromatic rings. The van der Waals surface area contributed by atoms with E-state index in [1.54, 1.807) is 18.2 Å². The molecular weight excluding hydrogens is 197 g/mol. The first-order valence-electron chi connectivity index (χ1n) is 4.79. The number of rotatable bonds is 5. The Morgan fingerprint density at radius 3 is 2.80 bits per heavy atom. The standard InChI is InChI=1S/C11H16FNO2/c1-13(6-7-14)8-9-4-3-5-10(15-2)11(9)12/h3-5,14H,6-8H2,1-2H3. The summed E-state index contributed by atoms with van der Waals surface area (Å²) in [7, 11) is 3.27. The first kappa shape index (κ1) is 11.9. The summed E-state index contributed by atoms with van der Waals surface area (Å²) in [6.07, 6.45) is 0. The zero-order valence-corrected chi connectivity index (χ0v) is 9.03. The van der Waals surface area contributed by atoms with Crippen LogP contribution in [0.4, 0.5) is 4.39 Å². The van der Waals surface area contributed by atoms with Crippen molar-refractivity contribution in [3.05, 3.63) is 29.6 Å². The summed E-state index contributed by atoms with van der Waals surface area (Å²) in [5.74, 6) is -0.0744. The predicted molar refractivity (Wildman–Crippen MR) is 56.4 cm³/mol. The van der Waals surface area contributed by atoms with Crippen molar-refractivity contribution in [2.75, 3.05) is 27.3 Å². The van der Waals surface area contributed by atoms with Crippen LogP contribution in [0.5, 0.6) is 5.75 Å². The van der Waals surface area contributed by atoms with Crippen LogP contribution < -0.4 is 4.74 Å². The van der Waals surface area contributed by atoms with Crippen LogP contribution in [0.25, 0.3) is 0 Å². The topological polar surface area (TPSA) is 32.7 Å². The molecule has 0 fully saturated rings. The molecule has 0 bridgehead atoms. The van der Waals surface area contributed by atoms with Crippen LogP contribution in [-0.2, 0) is 6.54 Å². The van der Waals surface area contributed by atoms with Crippen molar-refractivity contribution in [2.24, 2.45) is 0 Å². The fourth-order valence-corrected chi connectivity index (χ4v) is 1.38. The Labute approximate surface area is 89.1 Å². The molecule has 84 valence electrons. The Bertz CT molecular complexity index is 317. The molecule has 0 amide bonds. The average Bonchev–Trinajstić information content (AvgIpc) is 2.21. The van der Waals surface area contributed by atoms with Gasteiger partial charge in [0.2, 0.25) is 0 Å². The number of hydrogen-bond acceptors (Lipinski definition) is 3. The van der Waals surface area contributed by atoms with E-state index in [1.807, 2.05) is 11.9 Å². The highest BCUT2D eigenvalue weighted by molar-refractivity contribution is 5.30. The molecule has 1 aromatic carbocycles. The largest absolute Gasteiger partial charge is 0.494 e. The van der Waals surface area contributed by atoms with Crippen molar-refractivity contribution in [2.45, 2.75) is 6.54 Å². The number of aliphatic hydroxyl groups is 1. The lowest BCUT2D eigenvalue weighted by molar-refractivity contribution is 0.215. The second kappa shape index (κ2) is 5.68. The Morgan fingerprint density at radius 2 is 2.20 bits per heavy atom. The molecule has 0 aliphatic carbocycles. The van der Waals surface area contributed by atoms with Gasteiger partial charge in [0.1, 0.15) is 0 Å². The van der Waals surface area contributed by atoms with E-state index in [9.17, 15) is 4.39 Å². The highest BCUT2D eigenvalue weighted by Crippen LogP contribution is 2.20. The fraction of sp³-hybridized carbons (Fsp3) is 0.455. The predicted octanol–water partition coefficient (Wildman–Crippen LogP) is 1.26. The zero-order valence-electron chi connectivity index (χ0n) is 9.03.